The first-order valence-corrected chi connectivity index (χ1v) is 22.9. The number of anilines is 3. The van der Waals surface area contributed by atoms with Gasteiger partial charge in [-0.2, -0.15) is 0 Å². The molecular weight excluding hydrogens is 876 g/mol. The SMILES string of the molecule is CO[C@H]1C=CO[C@@]2(C)Oc3c(C)c(O)c4c(O)c(c5sc(N6CCN(c7ccc(Cl)cc7)CC6)nc5c4c3C2=O)NC(=O)/C(C)=C\C=C/[C@H](C)[C@H](O)[C@@H](C)[C@@H](O)[C@@H](C)[C@H](OC(C)=O)[C@@H]1C. The number of nitrogens with zero attached hydrogens (tertiary/aromatic N) is 3. The summed E-state index contributed by atoms with van der Waals surface area (Å²) in [6.07, 6.45) is 3.91. The summed E-state index contributed by atoms with van der Waals surface area (Å²) < 4.78 is 24.4. The first-order chi connectivity index (χ1) is 30.8. The summed E-state index contributed by atoms with van der Waals surface area (Å²) in [4.78, 5) is 50.6. The largest absolute Gasteiger partial charge is 0.507 e. The molecular formula is C48H57ClN4O11S. The van der Waals surface area contributed by atoms with E-state index in [1.54, 1.807) is 65.8 Å². The zero-order valence-electron chi connectivity index (χ0n) is 37.9. The maximum absolute atomic E-state index is 14.8. The molecule has 3 aromatic carbocycles. The third-order valence-corrected chi connectivity index (χ3v) is 14.5. The Morgan fingerprint density at radius 2 is 1.60 bits per heavy atom. The number of ketones is 1. The van der Waals surface area contributed by atoms with Crippen LogP contribution in [-0.4, -0.2) is 107 Å². The van der Waals surface area contributed by atoms with Gasteiger partial charge in [0.2, 0.25) is 0 Å². The maximum atomic E-state index is 14.8. The number of esters is 1. The molecule has 0 unspecified atom stereocenters. The minimum Gasteiger partial charge on any atom is -0.507 e. The molecule has 65 heavy (non-hydrogen) atoms. The summed E-state index contributed by atoms with van der Waals surface area (Å²) >= 11 is 7.38. The van der Waals surface area contributed by atoms with Crippen LogP contribution in [-0.2, 0) is 23.8 Å². The number of benzene rings is 3. The number of thiazole rings is 1. The molecule has 0 saturated carbocycles. The summed E-state index contributed by atoms with van der Waals surface area (Å²) in [7, 11) is 1.46. The predicted octanol–water partition coefficient (Wildman–Crippen LogP) is 7.64. The second kappa shape index (κ2) is 18.8. The average Bonchev–Trinajstić information content (AvgIpc) is 3.84. The molecule has 7 rings (SSSR count). The van der Waals surface area contributed by atoms with Crippen molar-refractivity contribution in [2.75, 3.05) is 48.4 Å². The number of carbonyl (C=O) groups is 3. The van der Waals surface area contributed by atoms with Gasteiger partial charge < -0.3 is 54.5 Å². The molecule has 4 heterocycles. The van der Waals surface area contributed by atoms with Crippen LogP contribution in [0.1, 0.15) is 64.4 Å². The topological polar surface area (TPSA) is 200 Å². The fraction of sp³-hybridized carbons (Fsp3) is 0.458. The van der Waals surface area contributed by atoms with Crippen LogP contribution < -0.4 is 19.9 Å². The Morgan fingerprint density at radius 1 is 0.938 bits per heavy atom. The Morgan fingerprint density at radius 3 is 2.25 bits per heavy atom. The van der Waals surface area contributed by atoms with Crippen molar-refractivity contribution in [3.63, 3.8) is 0 Å². The number of nitrogens with one attached hydrogen (secondary N) is 1. The molecule has 3 aliphatic heterocycles. The maximum Gasteiger partial charge on any atom is 0.312 e. The van der Waals surface area contributed by atoms with Crippen molar-refractivity contribution in [2.24, 2.45) is 23.7 Å². The van der Waals surface area contributed by atoms with Gasteiger partial charge in [-0.1, -0.05) is 68.9 Å². The highest BCUT2D eigenvalue weighted by atomic mass is 35.5. The van der Waals surface area contributed by atoms with E-state index >= 15 is 0 Å². The van der Waals surface area contributed by atoms with E-state index in [-0.39, 0.29) is 50.2 Å². The first-order valence-electron chi connectivity index (χ1n) is 21.7. The van der Waals surface area contributed by atoms with Crippen molar-refractivity contribution in [3.8, 4) is 17.2 Å². The van der Waals surface area contributed by atoms with Crippen molar-refractivity contribution >= 4 is 78.1 Å². The number of aromatic hydroxyl groups is 2. The second-order valence-electron chi connectivity index (χ2n) is 17.5. The molecule has 17 heteroatoms. The number of Topliss-reactive ketones (excluding diaryl/α,β-unsaturated/α-hetero) is 1. The van der Waals surface area contributed by atoms with E-state index in [9.17, 15) is 34.8 Å². The van der Waals surface area contributed by atoms with E-state index in [1.807, 2.05) is 24.3 Å². The molecule has 9 atom stereocenters. The minimum absolute atomic E-state index is 0.00250. The molecule has 5 N–H and O–H groups in total. The van der Waals surface area contributed by atoms with E-state index in [4.69, 9.17) is 35.5 Å². The van der Waals surface area contributed by atoms with Gasteiger partial charge in [-0.05, 0) is 44.2 Å². The quantitative estimate of drug-likeness (QED) is 0.0988. The molecule has 4 bridgehead atoms. The molecule has 348 valence electrons. The highest BCUT2D eigenvalue weighted by molar-refractivity contribution is 7.23. The fourth-order valence-electron chi connectivity index (χ4n) is 9.05. The molecule has 1 fully saturated rings. The Kier molecular flexibility index (Phi) is 13.8. The molecule has 0 spiro atoms. The van der Waals surface area contributed by atoms with Gasteiger partial charge in [0.25, 0.3) is 11.7 Å². The number of amides is 1. The lowest BCUT2D eigenvalue weighted by Gasteiger charge is -2.38. The summed E-state index contributed by atoms with van der Waals surface area (Å²) in [5, 5.41) is 51.2. The fourth-order valence-corrected chi connectivity index (χ4v) is 10.3. The van der Waals surface area contributed by atoms with Crippen LogP contribution >= 0.6 is 22.9 Å². The van der Waals surface area contributed by atoms with Gasteiger partial charge in [-0.25, -0.2) is 4.98 Å². The number of rotatable bonds is 4. The highest BCUT2D eigenvalue weighted by Crippen LogP contribution is 2.55. The lowest BCUT2D eigenvalue weighted by molar-refractivity contribution is -0.160. The number of phenols is 2. The molecule has 1 aromatic heterocycles. The zero-order valence-corrected chi connectivity index (χ0v) is 39.5. The number of piperazine rings is 1. The number of aromatic nitrogens is 1. The van der Waals surface area contributed by atoms with Crippen molar-refractivity contribution in [1.82, 2.24) is 4.98 Å². The average molecular weight is 934 g/mol. The molecule has 0 radical (unpaired) electrons. The van der Waals surface area contributed by atoms with E-state index in [0.717, 1.165) is 5.69 Å². The van der Waals surface area contributed by atoms with E-state index in [0.29, 0.717) is 41.0 Å². The third-order valence-electron chi connectivity index (χ3n) is 13.1. The number of phenolic OH excluding ortho intramolecular Hbond substituents is 2. The summed E-state index contributed by atoms with van der Waals surface area (Å²) in [6.45, 7) is 15.4. The van der Waals surface area contributed by atoms with Crippen molar-refractivity contribution in [2.45, 2.75) is 85.6 Å². The Labute approximate surface area is 386 Å². The van der Waals surface area contributed by atoms with Crippen LogP contribution in [0.5, 0.6) is 17.2 Å². The van der Waals surface area contributed by atoms with Gasteiger partial charge in [-0.3, -0.25) is 14.4 Å². The van der Waals surface area contributed by atoms with E-state index < -0.39 is 77.3 Å². The van der Waals surface area contributed by atoms with Gasteiger partial charge in [0.1, 0.15) is 23.3 Å². The van der Waals surface area contributed by atoms with Gasteiger partial charge in [0.05, 0.1) is 45.7 Å². The number of aliphatic hydroxyl groups is 2. The van der Waals surface area contributed by atoms with Crippen molar-refractivity contribution in [3.05, 3.63) is 76.6 Å². The smallest absolute Gasteiger partial charge is 0.312 e. The monoisotopic (exact) mass is 932 g/mol. The molecule has 1 saturated heterocycles. The Hall–Kier alpha value is -5.39. The number of allylic oxidation sites excluding steroid dienone is 2. The summed E-state index contributed by atoms with van der Waals surface area (Å²) in [5.41, 5.74) is 1.72. The van der Waals surface area contributed by atoms with E-state index in [1.165, 1.54) is 38.6 Å². The minimum atomic E-state index is -1.97. The number of methoxy groups -OCH3 is 1. The number of hydrogen-bond acceptors (Lipinski definition) is 15. The van der Waals surface area contributed by atoms with Crippen molar-refractivity contribution < 1.29 is 53.8 Å². The van der Waals surface area contributed by atoms with Crippen LogP contribution in [0.3, 0.4) is 0 Å². The predicted molar refractivity (Wildman–Crippen MR) is 251 cm³/mol. The standard InChI is InChI=1S/C48H57ClN4O11S/c1-23-11-10-12-24(2)46(60)50-37-41(58)34-33(36-44(37)65-47(51-36)53-20-18-52(19-21-53)31-15-13-30(49)14-16-31)35-43(28(6)40(34)57)64-48(8,45(35)59)62-22-17-32(61-9)25(3)42(63-29(7)54)27(5)39(56)26(4)38(23)55/h10-17,22-23,25-27,32,38-39,42,55-58H,18-21H2,1-9H3,(H,50,60)/b11-10-,22-17?,24-12-/t23-,25+,26+,27+,32-,38-,39+,42+,48-/m0/s1. The summed E-state index contributed by atoms with van der Waals surface area (Å²) in [5.74, 6) is -6.94. The van der Waals surface area contributed by atoms with Crippen molar-refractivity contribution in [1.29, 1.82) is 0 Å². The van der Waals surface area contributed by atoms with Gasteiger partial charge in [-0.15, -0.1) is 0 Å². The third kappa shape index (κ3) is 8.98. The van der Waals surface area contributed by atoms with Crippen LogP contribution in [0.15, 0.2) is 60.4 Å². The zero-order chi connectivity index (χ0) is 47.2. The molecule has 0 aliphatic carbocycles. The number of fused-ring (bicyclic) bond motifs is 1. The molecule has 15 nitrogen and oxygen atoms in total. The lowest BCUT2D eigenvalue weighted by atomic mass is 9.78. The number of halogens is 1. The Balaban J connectivity index is 1.36. The summed E-state index contributed by atoms with van der Waals surface area (Å²) in [6, 6.07) is 7.64. The van der Waals surface area contributed by atoms with Crippen LogP contribution in [0.4, 0.5) is 16.5 Å². The van der Waals surface area contributed by atoms with Gasteiger partial charge in [0.15, 0.2) is 10.9 Å². The number of carbonyl (C=O) groups excluding carboxylic acids is 3. The molecule has 3 aliphatic rings. The highest BCUT2D eigenvalue weighted by Gasteiger charge is 2.50. The number of ether oxygens (including phenoxy) is 4. The lowest BCUT2D eigenvalue weighted by Crippen LogP contribution is -2.46. The normalized spacial score (nSPS) is 29.4. The molecule has 4 aromatic rings. The first kappa shape index (κ1) is 47.6. The van der Waals surface area contributed by atoms with E-state index in [2.05, 4.69) is 15.1 Å². The Bertz CT molecular complexity index is 2590. The van der Waals surface area contributed by atoms with Gasteiger partial charge in [0, 0.05) is 98.0 Å². The van der Waals surface area contributed by atoms with Crippen LogP contribution in [0.2, 0.25) is 5.02 Å². The second-order valence-corrected chi connectivity index (χ2v) is 18.9. The molecule has 1 amide bonds. The number of hydrogen-bond donors (Lipinski definition) is 5. The van der Waals surface area contributed by atoms with Crippen LogP contribution in [0, 0.1) is 30.6 Å². The number of aliphatic hydroxyl groups excluding tert-OH is 2. The van der Waals surface area contributed by atoms with Gasteiger partial charge >= 0.3 is 11.8 Å². The van der Waals surface area contributed by atoms with Crippen LogP contribution in [0.25, 0.3) is 21.0 Å².